The fourth-order valence-corrected chi connectivity index (χ4v) is 3.37. The molecule has 1 N–H and O–H groups in total. The van der Waals surface area contributed by atoms with E-state index in [1.807, 2.05) is 11.3 Å². The van der Waals surface area contributed by atoms with Crippen molar-refractivity contribution in [1.29, 1.82) is 0 Å². The number of halogens is 1. The van der Waals surface area contributed by atoms with Gasteiger partial charge in [0.15, 0.2) is 0 Å². The van der Waals surface area contributed by atoms with E-state index in [9.17, 15) is 0 Å². The molecule has 1 atom stereocenters. The minimum atomic E-state index is 0.593. The van der Waals surface area contributed by atoms with Gasteiger partial charge in [0.2, 0.25) is 0 Å². The maximum absolute atomic E-state index is 3.60. The monoisotopic (exact) mass is 335 g/mol. The molecule has 1 unspecified atom stereocenters. The third kappa shape index (κ3) is 3.71. The third-order valence-corrected chi connectivity index (χ3v) is 4.81. The van der Waals surface area contributed by atoms with Crippen LogP contribution in [0.25, 0.3) is 0 Å². The van der Waals surface area contributed by atoms with Gasteiger partial charge < -0.3 is 5.32 Å². The number of rotatable bonds is 6. The Labute approximate surface area is 110 Å². The van der Waals surface area contributed by atoms with Crippen LogP contribution >= 0.6 is 33.9 Å². The Bertz CT molecular complexity index is 306. The molecule has 0 saturated heterocycles. The topological polar surface area (TPSA) is 12.0 Å². The molecule has 1 fully saturated rings. The first kappa shape index (κ1) is 11.9. The summed E-state index contributed by atoms with van der Waals surface area (Å²) >= 11 is 4.26. The first-order chi connectivity index (χ1) is 7.29. The summed E-state index contributed by atoms with van der Waals surface area (Å²) in [5, 5.41) is 5.91. The van der Waals surface area contributed by atoms with Gasteiger partial charge in [-0.25, -0.2) is 0 Å². The van der Waals surface area contributed by atoms with Crippen molar-refractivity contribution in [2.24, 2.45) is 5.92 Å². The zero-order chi connectivity index (χ0) is 10.7. The van der Waals surface area contributed by atoms with Gasteiger partial charge in [-0.2, -0.15) is 0 Å². The lowest BCUT2D eigenvalue weighted by atomic mass is 10.0. The van der Waals surface area contributed by atoms with Crippen LogP contribution in [-0.4, -0.2) is 6.54 Å². The molecular formula is C12H18INS. The molecule has 1 aliphatic rings. The van der Waals surface area contributed by atoms with E-state index in [1.165, 1.54) is 34.1 Å². The van der Waals surface area contributed by atoms with E-state index in [-0.39, 0.29) is 0 Å². The smallest absolute Gasteiger partial charge is 0.0656 e. The van der Waals surface area contributed by atoms with E-state index in [2.05, 4.69) is 46.3 Å². The number of thiophene rings is 1. The van der Waals surface area contributed by atoms with Gasteiger partial charge in [0.05, 0.1) is 2.88 Å². The summed E-state index contributed by atoms with van der Waals surface area (Å²) in [4.78, 5) is 0. The van der Waals surface area contributed by atoms with Crippen LogP contribution in [0, 0.1) is 8.80 Å². The highest BCUT2D eigenvalue weighted by Crippen LogP contribution is 2.36. The van der Waals surface area contributed by atoms with E-state index in [4.69, 9.17) is 0 Å². The SMILES string of the molecule is CCNC(CCC1CC1)c1csc(I)c1. The van der Waals surface area contributed by atoms with Crippen LogP contribution in [0.3, 0.4) is 0 Å². The second-order valence-corrected chi connectivity index (χ2v) is 7.12. The molecule has 0 amide bonds. The molecule has 2 rings (SSSR count). The Hall–Kier alpha value is 0.390. The summed E-state index contributed by atoms with van der Waals surface area (Å²) in [6.45, 7) is 3.27. The second kappa shape index (κ2) is 5.64. The molecule has 0 bridgehead atoms. The average Bonchev–Trinajstić information content (AvgIpc) is 2.95. The van der Waals surface area contributed by atoms with Crippen molar-refractivity contribution in [1.82, 2.24) is 5.32 Å². The fourth-order valence-electron chi connectivity index (χ4n) is 1.95. The molecule has 1 nitrogen and oxygen atoms in total. The van der Waals surface area contributed by atoms with Gasteiger partial charge in [-0.1, -0.05) is 19.8 Å². The van der Waals surface area contributed by atoms with Crippen molar-refractivity contribution >= 4 is 33.9 Å². The molecule has 0 aliphatic heterocycles. The zero-order valence-electron chi connectivity index (χ0n) is 9.13. The van der Waals surface area contributed by atoms with Gasteiger partial charge in [-0.15, -0.1) is 11.3 Å². The Kier molecular flexibility index (Phi) is 4.46. The van der Waals surface area contributed by atoms with Crippen LogP contribution in [-0.2, 0) is 0 Å². The van der Waals surface area contributed by atoms with Crippen LogP contribution in [0.5, 0.6) is 0 Å². The largest absolute Gasteiger partial charge is 0.310 e. The summed E-state index contributed by atoms with van der Waals surface area (Å²) < 4.78 is 1.40. The predicted octanol–water partition coefficient (Wildman–Crippen LogP) is 4.19. The van der Waals surface area contributed by atoms with Crippen molar-refractivity contribution in [2.45, 2.75) is 38.6 Å². The van der Waals surface area contributed by atoms with E-state index in [0.29, 0.717) is 6.04 Å². The van der Waals surface area contributed by atoms with Crippen molar-refractivity contribution in [2.75, 3.05) is 6.54 Å². The maximum Gasteiger partial charge on any atom is 0.0656 e. The minimum Gasteiger partial charge on any atom is -0.310 e. The van der Waals surface area contributed by atoms with Gasteiger partial charge in [0, 0.05) is 6.04 Å². The van der Waals surface area contributed by atoms with Crippen molar-refractivity contribution < 1.29 is 0 Å². The quantitative estimate of drug-likeness (QED) is 0.769. The molecule has 1 aromatic rings. The number of hydrogen-bond donors (Lipinski definition) is 1. The van der Waals surface area contributed by atoms with E-state index < -0.39 is 0 Å². The highest BCUT2D eigenvalue weighted by atomic mass is 127. The maximum atomic E-state index is 3.60. The summed E-state index contributed by atoms with van der Waals surface area (Å²) in [7, 11) is 0. The Balaban J connectivity index is 1.91. The van der Waals surface area contributed by atoms with Crippen LogP contribution in [0.1, 0.15) is 44.2 Å². The molecule has 0 spiro atoms. The Morgan fingerprint density at radius 3 is 2.93 bits per heavy atom. The first-order valence-corrected chi connectivity index (χ1v) is 7.72. The van der Waals surface area contributed by atoms with Gasteiger partial charge in [-0.05, 0) is 64.9 Å². The molecule has 1 aliphatic carbocycles. The molecule has 3 heteroatoms. The zero-order valence-corrected chi connectivity index (χ0v) is 12.1. The van der Waals surface area contributed by atoms with Crippen molar-refractivity contribution in [3.05, 3.63) is 19.9 Å². The van der Waals surface area contributed by atoms with Crippen molar-refractivity contribution in [3.63, 3.8) is 0 Å². The lowest BCUT2D eigenvalue weighted by molar-refractivity contribution is 0.482. The van der Waals surface area contributed by atoms with Gasteiger partial charge in [-0.3, -0.25) is 0 Å². The van der Waals surface area contributed by atoms with E-state index in [1.54, 1.807) is 0 Å². The molecule has 1 saturated carbocycles. The number of hydrogen-bond acceptors (Lipinski definition) is 2. The standard InChI is InChI=1S/C12H18INS/c1-2-14-11(6-5-9-3-4-9)10-7-12(13)15-8-10/h7-9,11,14H,2-6H2,1H3. The molecule has 84 valence electrons. The van der Waals surface area contributed by atoms with E-state index >= 15 is 0 Å². The van der Waals surface area contributed by atoms with Crippen LogP contribution < -0.4 is 5.32 Å². The molecule has 15 heavy (non-hydrogen) atoms. The predicted molar refractivity (Wildman–Crippen MR) is 75.4 cm³/mol. The molecule has 0 radical (unpaired) electrons. The third-order valence-electron chi connectivity index (χ3n) is 3.00. The average molecular weight is 335 g/mol. The lowest BCUT2D eigenvalue weighted by Crippen LogP contribution is -2.20. The fraction of sp³-hybridized carbons (Fsp3) is 0.667. The lowest BCUT2D eigenvalue weighted by Gasteiger charge is -2.16. The second-order valence-electron chi connectivity index (χ2n) is 4.32. The minimum absolute atomic E-state index is 0.593. The van der Waals surface area contributed by atoms with Crippen molar-refractivity contribution in [3.8, 4) is 0 Å². The van der Waals surface area contributed by atoms with Gasteiger partial charge >= 0.3 is 0 Å². The highest BCUT2D eigenvalue weighted by Gasteiger charge is 2.23. The van der Waals surface area contributed by atoms with Gasteiger partial charge in [0.1, 0.15) is 0 Å². The molecule has 1 heterocycles. The van der Waals surface area contributed by atoms with E-state index in [0.717, 1.165) is 12.5 Å². The Morgan fingerprint density at radius 2 is 2.40 bits per heavy atom. The summed E-state index contributed by atoms with van der Waals surface area (Å²) in [6.07, 6.45) is 5.66. The van der Waals surface area contributed by atoms with Crippen LogP contribution in [0.4, 0.5) is 0 Å². The summed E-state index contributed by atoms with van der Waals surface area (Å²) in [5.74, 6) is 1.05. The van der Waals surface area contributed by atoms with Crippen LogP contribution in [0.15, 0.2) is 11.4 Å². The summed E-state index contributed by atoms with van der Waals surface area (Å²) in [5.41, 5.74) is 1.49. The highest BCUT2D eigenvalue weighted by molar-refractivity contribution is 14.1. The molecule has 1 aromatic heterocycles. The van der Waals surface area contributed by atoms with Gasteiger partial charge in [0.25, 0.3) is 0 Å². The summed E-state index contributed by atoms with van der Waals surface area (Å²) in [6, 6.07) is 2.92. The molecular weight excluding hydrogens is 317 g/mol. The normalized spacial score (nSPS) is 18.0. The Morgan fingerprint density at radius 1 is 1.60 bits per heavy atom. The number of nitrogens with one attached hydrogen (secondary N) is 1. The first-order valence-electron chi connectivity index (χ1n) is 5.77. The molecule has 0 aromatic carbocycles. The van der Waals surface area contributed by atoms with Crippen LogP contribution in [0.2, 0.25) is 0 Å².